The van der Waals surface area contributed by atoms with Gasteiger partial charge in [0, 0.05) is 42.3 Å². The van der Waals surface area contributed by atoms with Gasteiger partial charge >= 0.3 is 0 Å². The third-order valence-electron chi connectivity index (χ3n) is 7.09. The maximum absolute atomic E-state index is 13.9. The number of para-hydroxylation sites is 1. The number of halogens is 1. The van der Waals surface area contributed by atoms with Gasteiger partial charge in [0.15, 0.2) is 0 Å². The Morgan fingerprint density at radius 1 is 0.750 bits per heavy atom. The molecule has 1 heterocycles. The van der Waals surface area contributed by atoms with E-state index in [4.69, 9.17) is 0 Å². The van der Waals surface area contributed by atoms with Crippen molar-refractivity contribution in [3.63, 3.8) is 0 Å². The maximum Gasteiger partial charge on any atom is 0.254 e. The molecule has 5 aromatic rings. The Hall–Kier alpha value is -4.71. The van der Waals surface area contributed by atoms with E-state index in [1.807, 2.05) is 66.6 Å². The van der Waals surface area contributed by atoms with Crippen LogP contribution in [0.25, 0.3) is 10.9 Å². The fourth-order valence-corrected chi connectivity index (χ4v) is 4.84. The minimum absolute atomic E-state index is 0.0924. The molecular formula is C34H32FN3O2. The summed E-state index contributed by atoms with van der Waals surface area (Å²) >= 11 is 0. The monoisotopic (exact) mass is 533 g/mol. The lowest BCUT2D eigenvalue weighted by atomic mass is 10.1. The number of aromatic nitrogens is 1. The van der Waals surface area contributed by atoms with Crippen molar-refractivity contribution in [3.05, 3.63) is 143 Å². The first kappa shape index (κ1) is 26.9. The van der Waals surface area contributed by atoms with Crippen molar-refractivity contribution in [2.24, 2.45) is 0 Å². The highest BCUT2D eigenvalue weighted by atomic mass is 19.1. The first-order chi connectivity index (χ1) is 19.5. The van der Waals surface area contributed by atoms with E-state index >= 15 is 0 Å². The Morgan fingerprint density at radius 3 is 2.10 bits per heavy atom. The molecule has 0 spiro atoms. The predicted molar refractivity (Wildman–Crippen MR) is 156 cm³/mol. The molecule has 40 heavy (non-hydrogen) atoms. The first-order valence-electron chi connectivity index (χ1n) is 13.4. The summed E-state index contributed by atoms with van der Waals surface area (Å²) in [5, 5.41) is 1.14. The number of amides is 2. The van der Waals surface area contributed by atoms with E-state index in [1.54, 1.807) is 41.3 Å². The number of carbonyl (C=O) groups excluding carboxylic acids is 2. The fourth-order valence-electron chi connectivity index (χ4n) is 4.84. The van der Waals surface area contributed by atoms with E-state index in [1.165, 1.54) is 12.1 Å². The van der Waals surface area contributed by atoms with Crippen LogP contribution in [-0.2, 0) is 24.3 Å². The number of rotatable bonds is 10. The smallest absolute Gasteiger partial charge is 0.254 e. The van der Waals surface area contributed by atoms with Gasteiger partial charge in [-0.1, -0.05) is 78.4 Å². The van der Waals surface area contributed by atoms with Crippen LogP contribution < -0.4 is 0 Å². The van der Waals surface area contributed by atoms with Crippen molar-refractivity contribution in [1.29, 1.82) is 0 Å². The van der Waals surface area contributed by atoms with E-state index in [0.29, 0.717) is 25.1 Å². The van der Waals surface area contributed by atoms with Crippen LogP contribution in [0.4, 0.5) is 4.39 Å². The van der Waals surface area contributed by atoms with Gasteiger partial charge in [-0.05, 0) is 60.4 Å². The topological polar surface area (TPSA) is 56.4 Å². The third-order valence-corrected chi connectivity index (χ3v) is 7.09. The molecule has 0 unspecified atom stereocenters. The Kier molecular flexibility index (Phi) is 8.35. The van der Waals surface area contributed by atoms with Crippen LogP contribution >= 0.6 is 0 Å². The molecule has 2 amide bonds. The summed E-state index contributed by atoms with van der Waals surface area (Å²) in [6, 6.07) is 31.2. The molecule has 0 aliphatic heterocycles. The van der Waals surface area contributed by atoms with Crippen LogP contribution in [0.15, 0.2) is 109 Å². The highest BCUT2D eigenvalue weighted by Crippen LogP contribution is 2.19. The standard InChI is InChI=1S/C34H32FN3O2/c1-25-11-13-26(14-12-25)22-37(20-19-29-21-36-32-10-6-5-9-31(29)32)33(39)24-38(23-27-15-17-30(35)18-16-27)34(40)28-7-3-2-4-8-28/h2-18,21,36H,19-20,22-24H2,1H3. The highest BCUT2D eigenvalue weighted by molar-refractivity contribution is 5.96. The summed E-state index contributed by atoms with van der Waals surface area (Å²) in [5.41, 5.74) is 5.63. The Balaban J connectivity index is 1.39. The highest BCUT2D eigenvalue weighted by Gasteiger charge is 2.23. The lowest BCUT2D eigenvalue weighted by molar-refractivity contribution is -0.132. The number of aryl methyl sites for hydroxylation is 1. The van der Waals surface area contributed by atoms with Crippen LogP contribution in [0.1, 0.15) is 32.6 Å². The van der Waals surface area contributed by atoms with Gasteiger partial charge in [-0.2, -0.15) is 0 Å². The van der Waals surface area contributed by atoms with Crippen molar-refractivity contribution in [2.45, 2.75) is 26.4 Å². The summed E-state index contributed by atoms with van der Waals surface area (Å²) < 4.78 is 13.6. The van der Waals surface area contributed by atoms with Crippen molar-refractivity contribution in [1.82, 2.24) is 14.8 Å². The van der Waals surface area contributed by atoms with Gasteiger partial charge in [-0.25, -0.2) is 4.39 Å². The number of nitrogens with one attached hydrogen (secondary N) is 1. The van der Waals surface area contributed by atoms with Crippen molar-refractivity contribution < 1.29 is 14.0 Å². The molecule has 0 atom stereocenters. The summed E-state index contributed by atoms with van der Waals surface area (Å²) in [7, 11) is 0. The number of fused-ring (bicyclic) bond motifs is 1. The lowest BCUT2D eigenvalue weighted by Gasteiger charge is -2.28. The van der Waals surface area contributed by atoms with E-state index in [0.717, 1.165) is 33.2 Å². The molecule has 0 bridgehead atoms. The van der Waals surface area contributed by atoms with Gasteiger partial charge in [0.05, 0.1) is 0 Å². The quantitative estimate of drug-likeness (QED) is 0.222. The van der Waals surface area contributed by atoms with Crippen molar-refractivity contribution >= 4 is 22.7 Å². The Labute approximate surface area is 233 Å². The average molecular weight is 534 g/mol. The number of carbonyl (C=O) groups is 2. The van der Waals surface area contributed by atoms with E-state index in [-0.39, 0.29) is 30.7 Å². The number of aromatic amines is 1. The zero-order valence-corrected chi connectivity index (χ0v) is 22.5. The van der Waals surface area contributed by atoms with Gasteiger partial charge < -0.3 is 14.8 Å². The average Bonchev–Trinajstić information content (AvgIpc) is 3.40. The number of benzene rings is 4. The largest absolute Gasteiger partial charge is 0.361 e. The lowest BCUT2D eigenvalue weighted by Crippen LogP contribution is -2.43. The van der Waals surface area contributed by atoms with E-state index in [2.05, 4.69) is 11.1 Å². The second kappa shape index (κ2) is 12.4. The third kappa shape index (κ3) is 6.64. The molecule has 0 saturated heterocycles. The SMILES string of the molecule is Cc1ccc(CN(CCc2c[nH]c3ccccc23)C(=O)CN(Cc2ccc(F)cc2)C(=O)c2ccccc2)cc1. The molecule has 0 aliphatic carbocycles. The molecule has 4 aromatic carbocycles. The van der Waals surface area contributed by atoms with E-state index < -0.39 is 0 Å². The number of H-pyrrole nitrogens is 1. The Morgan fingerprint density at radius 2 is 1.38 bits per heavy atom. The summed E-state index contributed by atoms with van der Waals surface area (Å²) in [4.78, 5) is 34.1. The molecule has 5 rings (SSSR count). The summed E-state index contributed by atoms with van der Waals surface area (Å²) in [6.45, 7) is 3.07. The van der Waals surface area contributed by atoms with Crippen molar-refractivity contribution in [2.75, 3.05) is 13.1 Å². The predicted octanol–water partition coefficient (Wildman–Crippen LogP) is 6.53. The molecule has 5 nitrogen and oxygen atoms in total. The van der Waals surface area contributed by atoms with Gasteiger partial charge in [0.1, 0.15) is 12.4 Å². The molecule has 0 radical (unpaired) electrons. The number of nitrogens with zero attached hydrogens (tertiary/aromatic N) is 2. The van der Waals surface area contributed by atoms with Gasteiger partial charge in [-0.15, -0.1) is 0 Å². The molecule has 6 heteroatoms. The summed E-state index contributed by atoms with van der Waals surface area (Å²) in [6.07, 6.45) is 2.67. The molecular weight excluding hydrogens is 501 g/mol. The molecule has 1 aromatic heterocycles. The first-order valence-corrected chi connectivity index (χ1v) is 13.4. The van der Waals surface area contributed by atoms with Crippen LogP contribution in [0.3, 0.4) is 0 Å². The summed E-state index contributed by atoms with van der Waals surface area (Å²) in [5.74, 6) is -0.737. The number of hydrogen-bond acceptors (Lipinski definition) is 2. The minimum atomic E-state index is -0.345. The van der Waals surface area contributed by atoms with Crippen LogP contribution in [0.2, 0.25) is 0 Å². The van der Waals surface area contributed by atoms with Gasteiger partial charge in [0.25, 0.3) is 5.91 Å². The number of hydrogen-bond donors (Lipinski definition) is 1. The van der Waals surface area contributed by atoms with Crippen LogP contribution in [0, 0.1) is 12.7 Å². The molecule has 0 fully saturated rings. The van der Waals surface area contributed by atoms with E-state index in [9.17, 15) is 14.0 Å². The molecule has 1 N–H and O–H groups in total. The minimum Gasteiger partial charge on any atom is -0.361 e. The second-order valence-corrected chi connectivity index (χ2v) is 10.1. The fraction of sp³-hybridized carbons (Fsp3) is 0.176. The zero-order valence-electron chi connectivity index (χ0n) is 22.5. The van der Waals surface area contributed by atoms with Gasteiger partial charge in [-0.3, -0.25) is 9.59 Å². The van der Waals surface area contributed by atoms with Crippen LogP contribution in [-0.4, -0.2) is 39.7 Å². The zero-order chi connectivity index (χ0) is 27.9. The van der Waals surface area contributed by atoms with Crippen molar-refractivity contribution in [3.8, 4) is 0 Å². The normalized spacial score (nSPS) is 10.9. The van der Waals surface area contributed by atoms with Crippen LogP contribution in [0.5, 0.6) is 0 Å². The maximum atomic E-state index is 13.9. The molecule has 202 valence electrons. The molecule has 0 aliphatic rings. The Bertz CT molecular complexity index is 1580. The van der Waals surface area contributed by atoms with Gasteiger partial charge in [0.2, 0.25) is 5.91 Å². The second-order valence-electron chi connectivity index (χ2n) is 10.1. The molecule has 0 saturated carbocycles.